The average Bonchev–Trinajstić information content (AvgIpc) is 2.26. The smallest absolute Gasteiger partial charge is 0.317 e. The van der Waals surface area contributed by atoms with Crippen LogP contribution in [-0.4, -0.2) is 43.2 Å². The lowest BCUT2D eigenvalue weighted by molar-refractivity contribution is -0.137. The van der Waals surface area contributed by atoms with E-state index in [0.717, 1.165) is 17.7 Å². The Kier molecular flexibility index (Phi) is 4.79. The van der Waals surface area contributed by atoms with Crippen LogP contribution in [0.15, 0.2) is 24.3 Å². The highest BCUT2D eigenvalue weighted by molar-refractivity contribution is 5.69. The first kappa shape index (κ1) is 12.5. The maximum absolute atomic E-state index is 10.5. The monoisotopic (exact) mass is 223 g/mol. The first-order chi connectivity index (χ1) is 7.63. The molecule has 0 saturated carbocycles. The minimum absolute atomic E-state index is 0.0646. The Labute approximate surface area is 95.5 Å². The number of benzene rings is 1. The maximum atomic E-state index is 10.5. The third kappa shape index (κ3) is 3.90. The predicted octanol–water partition coefficient (Wildman–Crippen LogP) is 1.25. The van der Waals surface area contributed by atoms with Gasteiger partial charge in [-0.15, -0.1) is 0 Å². The normalized spacial score (nSPS) is 10.4. The van der Waals surface area contributed by atoms with Gasteiger partial charge in [0.1, 0.15) is 5.75 Å². The molecule has 1 N–H and O–H groups in total. The van der Waals surface area contributed by atoms with Crippen molar-refractivity contribution < 1.29 is 14.6 Å². The van der Waals surface area contributed by atoms with Crippen LogP contribution in [0.5, 0.6) is 5.75 Å². The minimum atomic E-state index is -0.803. The predicted molar refractivity (Wildman–Crippen MR) is 61.8 cm³/mol. The zero-order valence-electron chi connectivity index (χ0n) is 9.64. The Balaban J connectivity index is 2.50. The van der Waals surface area contributed by atoms with Crippen LogP contribution in [0.25, 0.3) is 0 Å². The van der Waals surface area contributed by atoms with Crippen LogP contribution in [0.2, 0.25) is 0 Å². The highest BCUT2D eigenvalue weighted by atomic mass is 16.5. The molecule has 0 aliphatic rings. The summed E-state index contributed by atoms with van der Waals surface area (Å²) in [5.74, 6) is 0.0498. The second-order valence-electron chi connectivity index (χ2n) is 3.69. The average molecular weight is 223 g/mol. The van der Waals surface area contributed by atoms with Gasteiger partial charge in [0.05, 0.1) is 13.7 Å². The summed E-state index contributed by atoms with van der Waals surface area (Å²) < 4.78 is 5.22. The zero-order chi connectivity index (χ0) is 12.0. The van der Waals surface area contributed by atoms with Gasteiger partial charge in [0.2, 0.25) is 0 Å². The standard InChI is InChI=1S/C12H17NO3/c1-13(9-12(14)15)8-7-10-5-3-4-6-11(10)16-2/h3-6H,7-9H2,1-2H3,(H,14,15). The number of ether oxygens (including phenoxy) is 1. The number of rotatable bonds is 6. The highest BCUT2D eigenvalue weighted by Crippen LogP contribution is 2.17. The largest absolute Gasteiger partial charge is 0.496 e. The zero-order valence-corrected chi connectivity index (χ0v) is 9.64. The van der Waals surface area contributed by atoms with Gasteiger partial charge in [0.25, 0.3) is 0 Å². The number of para-hydroxylation sites is 1. The molecule has 0 saturated heterocycles. The van der Waals surface area contributed by atoms with E-state index in [1.165, 1.54) is 0 Å². The second-order valence-corrected chi connectivity index (χ2v) is 3.69. The summed E-state index contributed by atoms with van der Waals surface area (Å²) in [6.45, 7) is 0.766. The SMILES string of the molecule is COc1ccccc1CCN(C)CC(=O)O. The molecule has 1 aromatic carbocycles. The van der Waals surface area contributed by atoms with Gasteiger partial charge in [0.15, 0.2) is 0 Å². The number of hydrogen-bond acceptors (Lipinski definition) is 3. The number of nitrogens with zero attached hydrogens (tertiary/aromatic N) is 1. The molecule has 0 atom stereocenters. The number of aliphatic carboxylic acids is 1. The van der Waals surface area contributed by atoms with E-state index in [1.54, 1.807) is 19.1 Å². The summed E-state index contributed by atoms with van der Waals surface area (Å²) in [6.07, 6.45) is 0.786. The van der Waals surface area contributed by atoms with Crippen LogP contribution in [0.3, 0.4) is 0 Å². The Bertz CT molecular complexity index is 352. The van der Waals surface area contributed by atoms with Crippen LogP contribution < -0.4 is 4.74 Å². The van der Waals surface area contributed by atoms with E-state index in [0.29, 0.717) is 6.54 Å². The highest BCUT2D eigenvalue weighted by Gasteiger charge is 2.06. The van der Waals surface area contributed by atoms with Crippen LogP contribution in [0.4, 0.5) is 0 Å². The number of carboxylic acid groups (broad SMARTS) is 1. The number of carbonyl (C=O) groups is 1. The van der Waals surface area contributed by atoms with Gasteiger partial charge in [-0.05, 0) is 25.1 Å². The van der Waals surface area contributed by atoms with Gasteiger partial charge >= 0.3 is 5.97 Å². The molecule has 1 rings (SSSR count). The lowest BCUT2D eigenvalue weighted by atomic mass is 10.1. The lowest BCUT2D eigenvalue weighted by Gasteiger charge is -2.14. The first-order valence-corrected chi connectivity index (χ1v) is 5.15. The molecule has 16 heavy (non-hydrogen) atoms. The van der Waals surface area contributed by atoms with E-state index in [-0.39, 0.29) is 6.54 Å². The van der Waals surface area contributed by atoms with Gasteiger partial charge < -0.3 is 9.84 Å². The number of methoxy groups -OCH3 is 1. The van der Waals surface area contributed by atoms with E-state index >= 15 is 0 Å². The second kappa shape index (κ2) is 6.12. The molecule has 0 aromatic heterocycles. The van der Waals surface area contributed by atoms with Crippen molar-refractivity contribution in [3.63, 3.8) is 0 Å². The topological polar surface area (TPSA) is 49.8 Å². The Morgan fingerprint density at radius 2 is 2.12 bits per heavy atom. The molecule has 0 aliphatic heterocycles. The summed E-state index contributed by atoms with van der Waals surface area (Å²) in [4.78, 5) is 12.3. The van der Waals surface area contributed by atoms with Gasteiger partial charge in [-0.2, -0.15) is 0 Å². The molecule has 88 valence electrons. The van der Waals surface area contributed by atoms with Crippen LogP contribution in [0, 0.1) is 0 Å². The van der Waals surface area contributed by atoms with Crippen molar-refractivity contribution in [3.8, 4) is 5.75 Å². The molecular weight excluding hydrogens is 206 g/mol. The molecule has 4 nitrogen and oxygen atoms in total. The van der Waals surface area contributed by atoms with Gasteiger partial charge in [0, 0.05) is 6.54 Å². The van der Waals surface area contributed by atoms with Crippen molar-refractivity contribution in [1.29, 1.82) is 0 Å². The number of likely N-dealkylation sites (N-methyl/N-ethyl adjacent to an activating group) is 1. The molecule has 0 fully saturated rings. The van der Waals surface area contributed by atoms with Crippen molar-refractivity contribution in [2.75, 3.05) is 27.2 Å². The van der Waals surface area contributed by atoms with Gasteiger partial charge in [-0.3, -0.25) is 9.69 Å². The fourth-order valence-electron chi connectivity index (χ4n) is 1.53. The Morgan fingerprint density at radius 3 is 2.75 bits per heavy atom. The summed E-state index contributed by atoms with van der Waals surface area (Å²) in [5, 5.41) is 8.62. The molecular formula is C12H17NO3. The fraction of sp³-hybridized carbons (Fsp3) is 0.417. The summed E-state index contributed by atoms with van der Waals surface area (Å²) in [6, 6.07) is 7.78. The molecule has 0 radical (unpaired) electrons. The molecule has 1 aromatic rings. The molecule has 0 bridgehead atoms. The quantitative estimate of drug-likeness (QED) is 0.788. The number of hydrogen-bond donors (Lipinski definition) is 1. The third-order valence-electron chi connectivity index (χ3n) is 2.36. The van der Waals surface area contributed by atoms with Crippen molar-refractivity contribution in [2.24, 2.45) is 0 Å². The van der Waals surface area contributed by atoms with E-state index in [2.05, 4.69) is 0 Å². The van der Waals surface area contributed by atoms with Crippen LogP contribution >= 0.6 is 0 Å². The third-order valence-corrected chi connectivity index (χ3v) is 2.36. The van der Waals surface area contributed by atoms with E-state index in [4.69, 9.17) is 9.84 Å². The Morgan fingerprint density at radius 1 is 1.44 bits per heavy atom. The van der Waals surface area contributed by atoms with Crippen molar-refractivity contribution >= 4 is 5.97 Å². The number of carboxylic acids is 1. The molecule has 0 amide bonds. The minimum Gasteiger partial charge on any atom is -0.496 e. The van der Waals surface area contributed by atoms with E-state index in [1.807, 2.05) is 24.3 Å². The van der Waals surface area contributed by atoms with Crippen LogP contribution in [0.1, 0.15) is 5.56 Å². The summed E-state index contributed by atoms with van der Waals surface area (Å²) in [7, 11) is 3.43. The fourth-order valence-corrected chi connectivity index (χ4v) is 1.53. The van der Waals surface area contributed by atoms with Crippen molar-refractivity contribution in [1.82, 2.24) is 4.90 Å². The van der Waals surface area contributed by atoms with Crippen molar-refractivity contribution in [3.05, 3.63) is 29.8 Å². The summed E-state index contributed by atoms with van der Waals surface area (Å²) >= 11 is 0. The maximum Gasteiger partial charge on any atom is 0.317 e. The Hall–Kier alpha value is -1.55. The molecule has 4 heteroatoms. The molecule has 0 unspecified atom stereocenters. The first-order valence-electron chi connectivity index (χ1n) is 5.15. The summed E-state index contributed by atoms with van der Waals surface area (Å²) in [5.41, 5.74) is 1.10. The lowest BCUT2D eigenvalue weighted by Crippen LogP contribution is -2.27. The van der Waals surface area contributed by atoms with Crippen molar-refractivity contribution in [2.45, 2.75) is 6.42 Å². The molecule has 0 spiro atoms. The van der Waals surface area contributed by atoms with Crippen LogP contribution in [-0.2, 0) is 11.2 Å². The van der Waals surface area contributed by atoms with Gasteiger partial charge in [-0.25, -0.2) is 0 Å². The van der Waals surface area contributed by atoms with E-state index < -0.39 is 5.97 Å². The molecule has 0 aliphatic carbocycles. The molecule has 0 heterocycles. The van der Waals surface area contributed by atoms with E-state index in [9.17, 15) is 4.79 Å². The van der Waals surface area contributed by atoms with Gasteiger partial charge in [-0.1, -0.05) is 18.2 Å².